The Bertz CT molecular complexity index is 990. The van der Waals surface area contributed by atoms with Gasteiger partial charge in [0.2, 0.25) is 5.95 Å². The van der Waals surface area contributed by atoms with Gasteiger partial charge in [0.05, 0.1) is 0 Å². The molecule has 0 fully saturated rings. The Labute approximate surface area is 168 Å². The van der Waals surface area contributed by atoms with E-state index in [-0.39, 0.29) is 17.2 Å². The van der Waals surface area contributed by atoms with Crippen molar-refractivity contribution in [2.75, 3.05) is 10.6 Å². The topological polar surface area (TPSA) is 49.8 Å². The second-order valence-electron chi connectivity index (χ2n) is 7.90. The summed E-state index contributed by atoms with van der Waals surface area (Å²) in [6, 6.07) is 14.7. The zero-order valence-electron chi connectivity index (χ0n) is 16.7. The number of alkyl halides is 3. The summed E-state index contributed by atoms with van der Waals surface area (Å²) in [4.78, 5) is 7.93. The third-order valence-corrected chi connectivity index (χ3v) is 4.39. The standard InChI is InChI=1S/C22H23F3N4/c1-14-8-10-16(11-9-14)28-20-26-13-18(22(23,24)25)19(29-20)27-17-7-5-6-15(12-17)21(2,3)4/h5-13H,1-4H3,(H2,26,27,28,29). The van der Waals surface area contributed by atoms with Crippen molar-refractivity contribution in [3.8, 4) is 0 Å². The van der Waals surface area contributed by atoms with Crippen LogP contribution in [0.25, 0.3) is 0 Å². The van der Waals surface area contributed by atoms with E-state index in [1.165, 1.54) is 0 Å². The minimum Gasteiger partial charge on any atom is -0.340 e. The van der Waals surface area contributed by atoms with Crippen molar-refractivity contribution in [2.45, 2.75) is 39.3 Å². The van der Waals surface area contributed by atoms with Crippen molar-refractivity contribution in [2.24, 2.45) is 0 Å². The summed E-state index contributed by atoms with van der Waals surface area (Å²) in [7, 11) is 0. The Kier molecular flexibility index (Phi) is 5.50. The monoisotopic (exact) mass is 400 g/mol. The molecule has 0 aliphatic heterocycles. The van der Waals surface area contributed by atoms with E-state index in [0.29, 0.717) is 11.4 Å². The highest BCUT2D eigenvalue weighted by Gasteiger charge is 2.35. The second kappa shape index (κ2) is 7.73. The highest BCUT2D eigenvalue weighted by Crippen LogP contribution is 2.36. The summed E-state index contributed by atoms with van der Waals surface area (Å²) < 4.78 is 40.4. The molecule has 2 aromatic carbocycles. The van der Waals surface area contributed by atoms with E-state index in [2.05, 4.69) is 20.6 Å². The van der Waals surface area contributed by atoms with Crippen molar-refractivity contribution < 1.29 is 13.2 Å². The molecule has 0 saturated carbocycles. The predicted octanol–water partition coefficient (Wildman–Crippen LogP) is 6.59. The molecule has 1 aromatic heterocycles. The fraction of sp³-hybridized carbons (Fsp3) is 0.273. The minimum atomic E-state index is -4.58. The van der Waals surface area contributed by atoms with Crippen LogP contribution in [0.4, 0.5) is 36.3 Å². The van der Waals surface area contributed by atoms with Crippen molar-refractivity contribution in [1.82, 2.24) is 9.97 Å². The van der Waals surface area contributed by atoms with E-state index in [4.69, 9.17) is 0 Å². The summed E-state index contributed by atoms with van der Waals surface area (Å²) in [6.07, 6.45) is -3.79. The zero-order chi connectivity index (χ0) is 21.2. The molecule has 3 aromatic rings. The average molecular weight is 400 g/mol. The van der Waals surface area contributed by atoms with Gasteiger partial charge in [-0.05, 0) is 42.2 Å². The molecule has 1 heterocycles. The highest BCUT2D eigenvalue weighted by atomic mass is 19.4. The first kappa shape index (κ1) is 20.6. The summed E-state index contributed by atoms with van der Waals surface area (Å²) in [6.45, 7) is 8.08. The van der Waals surface area contributed by atoms with Gasteiger partial charge in [0.1, 0.15) is 11.4 Å². The number of anilines is 4. The lowest BCUT2D eigenvalue weighted by molar-refractivity contribution is -0.137. The first-order valence-electron chi connectivity index (χ1n) is 9.18. The molecule has 0 saturated heterocycles. The predicted molar refractivity (Wildman–Crippen MR) is 110 cm³/mol. The molecular weight excluding hydrogens is 377 g/mol. The summed E-state index contributed by atoms with van der Waals surface area (Å²) in [5, 5.41) is 5.76. The molecule has 0 aliphatic rings. The van der Waals surface area contributed by atoms with Crippen LogP contribution in [-0.4, -0.2) is 9.97 Å². The van der Waals surface area contributed by atoms with E-state index in [0.717, 1.165) is 17.3 Å². The van der Waals surface area contributed by atoms with Gasteiger partial charge in [-0.25, -0.2) is 4.98 Å². The van der Waals surface area contributed by atoms with Crippen LogP contribution >= 0.6 is 0 Å². The third-order valence-electron chi connectivity index (χ3n) is 4.39. The van der Waals surface area contributed by atoms with Crippen LogP contribution in [0, 0.1) is 6.92 Å². The molecule has 4 nitrogen and oxygen atoms in total. The van der Waals surface area contributed by atoms with Gasteiger partial charge in [0.15, 0.2) is 0 Å². The van der Waals surface area contributed by atoms with E-state index in [1.54, 1.807) is 6.07 Å². The van der Waals surface area contributed by atoms with Crippen molar-refractivity contribution in [3.63, 3.8) is 0 Å². The summed E-state index contributed by atoms with van der Waals surface area (Å²) >= 11 is 0. The van der Waals surface area contributed by atoms with E-state index in [1.807, 2.05) is 70.2 Å². The first-order chi connectivity index (χ1) is 13.5. The Morgan fingerprint density at radius 1 is 0.862 bits per heavy atom. The smallest absolute Gasteiger partial charge is 0.340 e. The SMILES string of the molecule is Cc1ccc(Nc2ncc(C(F)(F)F)c(Nc3cccc(C(C)(C)C)c3)n2)cc1. The van der Waals surface area contributed by atoms with Crippen molar-refractivity contribution in [1.29, 1.82) is 0 Å². The lowest BCUT2D eigenvalue weighted by Gasteiger charge is -2.20. The third kappa shape index (κ3) is 5.25. The van der Waals surface area contributed by atoms with Crippen molar-refractivity contribution in [3.05, 3.63) is 71.4 Å². The van der Waals surface area contributed by atoms with E-state index in [9.17, 15) is 13.2 Å². The lowest BCUT2D eigenvalue weighted by atomic mass is 9.87. The van der Waals surface area contributed by atoms with Crippen LogP contribution in [0.3, 0.4) is 0 Å². The molecule has 7 heteroatoms. The van der Waals surface area contributed by atoms with Gasteiger partial charge >= 0.3 is 6.18 Å². The number of rotatable bonds is 4. The van der Waals surface area contributed by atoms with E-state index < -0.39 is 11.7 Å². The van der Waals surface area contributed by atoms with Gasteiger partial charge in [-0.3, -0.25) is 0 Å². The molecule has 0 bridgehead atoms. The number of halogens is 3. The average Bonchev–Trinajstić information content (AvgIpc) is 2.62. The summed E-state index contributed by atoms with van der Waals surface area (Å²) in [5.41, 5.74) is 2.24. The Hall–Kier alpha value is -3.09. The van der Waals surface area contributed by atoms with E-state index >= 15 is 0 Å². The number of nitrogens with one attached hydrogen (secondary N) is 2. The number of hydrogen-bond acceptors (Lipinski definition) is 4. The summed E-state index contributed by atoms with van der Waals surface area (Å²) in [5.74, 6) is -0.218. The molecule has 29 heavy (non-hydrogen) atoms. The number of nitrogens with zero attached hydrogens (tertiary/aromatic N) is 2. The van der Waals surface area contributed by atoms with Gasteiger partial charge in [-0.2, -0.15) is 18.2 Å². The molecule has 0 radical (unpaired) electrons. The number of benzene rings is 2. The van der Waals surface area contributed by atoms with Crippen LogP contribution in [0.5, 0.6) is 0 Å². The fourth-order valence-corrected chi connectivity index (χ4v) is 2.71. The zero-order valence-corrected chi connectivity index (χ0v) is 16.7. The maximum Gasteiger partial charge on any atom is 0.421 e. The molecule has 2 N–H and O–H groups in total. The normalized spacial score (nSPS) is 12.0. The van der Waals surface area contributed by atoms with Gasteiger partial charge in [0, 0.05) is 17.6 Å². The Morgan fingerprint density at radius 2 is 1.55 bits per heavy atom. The minimum absolute atomic E-state index is 0.0799. The van der Waals surface area contributed by atoms with Crippen LogP contribution in [0.2, 0.25) is 0 Å². The first-order valence-corrected chi connectivity index (χ1v) is 9.18. The largest absolute Gasteiger partial charge is 0.421 e. The van der Waals surface area contributed by atoms with Gasteiger partial charge in [-0.15, -0.1) is 0 Å². The second-order valence-corrected chi connectivity index (χ2v) is 7.90. The molecular formula is C22H23F3N4. The fourth-order valence-electron chi connectivity index (χ4n) is 2.71. The number of aromatic nitrogens is 2. The van der Waals surface area contributed by atoms with Gasteiger partial charge < -0.3 is 10.6 Å². The van der Waals surface area contributed by atoms with Crippen LogP contribution < -0.4 is 10.6 Å². The van der Waals surface area contributed by atoms with Gasteiger partial charge in [-0.1, -0.05) is 50.6 Å². The molecule has 0 aliphatic carbocycles. The Balaban J connectivity index is 1.95. The van der Waals surface area contributed by atoms with Crippen LogP contribution in [0.1, 0.15) is 37.5 Å². The van der Waals surface area contributed by atoms with Gasteiger partial charge in [0.25, 0.3) is 0 Å². The highest BCUT2D eigenvalue weighted by molar-refractivity contribution is 5.63. The number of aryl methyl sites for hydroxylation is 1. The maximum absolute atomic E-state index is 13.5. The van der Waals surface area contributed by atoms with Crippen LogP contribution in [-0.2, 0) is 11.6 Å². The van der Waals surface area contributed by atoms with Crippen molar-refractivity contribution >= 4 is 23.1 Å². The number of hydrogen-bond donors (Lipinski definition) is 2. The molecule has 0 unspecified atom stereocenters. The molecule has 0 atom stereocenters. The maximum atomic E-state index is 13.5. The molecule has 0 amide bonds. The Morgan fingerprint density at radius 3 is 2.17 bits per heavy atom. The lowest BCUT2D eigenvalue weighted by Crippen LogP contribution is -2.14. The molecule has 3 rings (SSSR count). The van der Waals surface area contributed by atoms with Crippen LogP contribution in [0.15, 0.2) is 54.7 Å². The molecule has 152 valence electrons. The molecule has 0 spiro atoms. The quantitative estimate of drug-likeness (QED) is 0.519.